The predicted molar refractivity (Wildman–Crippen MR) is 88.8 cm³/mol. The summed E-state index contributed by atoms with van der Waals surface area (Å²) in [5.41, 5.74) is 4.38. The van der Waals surface area contributed by atoms with Gasteiger partial charge >= 0.3 is 0 Å². The van der Waals surface area contributed by atoms with Crippen molar-refractivity contribution >= 4 is 27.5 Å². The number of benzene rings is 2. The van der Waals surface area contributed by atoms with Crippen molar-refractivity contribution in [1.82, 2.24) is 0 Å². The first-order chi connectivity index (χ1) is 10.1. The molecule has 0 fully saturated rings. The standard InChI is InChI=1S/C17H16BrClO2/c1-10-7-16(20-2)13(9-14(10)18)17(19)12-3-4-15-11(8-12)5-6-21-15/h3-4,7-9,17H,5-6H2,1-2H3. The summed E-state index contributed by atoms with van der Waals surface area (Å²) in [7, 11) is 1.67. The van der Waals surface area contributed by atoms with Gasteiger partial charge < -0.3 is 9.47 Å². The topological polar surface area (TPSA) is 18.5 Å². The van der Waals surface area contributed by atoms with E-state index in [1.165, 1.54) is 5.56 Å². The maximum atomic E-state index is 6.70. The van der Waals surface area contributed by atoms with Crippen LogP contribution in [0, 0.1) is 6.92 Å². The highest BCUT2D eigenvalue weighted by Gasteiger charge is 2.20. The summed E-state index contributed by atoms with van der Waals surface area (Å²) in [6.07, 6.45) is 0.946. The smallest absolute Gasteiger partial charge is 0.124 e. The van der Waals surface area contributed by atoms with Crippen LogP contribution in [0.3, 0.4) is 0 Å². The molecular formula is C17H16BrClO2. The van der Waals surface area contributed by atoms with Crippen LogP contribution in [0.1, 0.15) is 27.6 Å². The highest BCUT2D eigenvalue weighted by Crippen LogP contribution is 2.39. The van der Waals surface area contributed by atoms with Crippen molar-refractivity contribution in [3.63, 3.8) is 0 Å². The minimum absolute atomic E-state index is 0.247. The Kier molecular flexibility index (Phi) is 4.14. The van der Waals surface area contributed by atoms with E-state index in [4.69, 9.17) is 21.1 Å². The third-order valence-electron chi connectivity index (χ3n) is 3.79. The van der Waals surface area contributed by atoms with Gasteiger partial charge in [-0.3, -0.25) is 0 Å². The summed E-state index contributed by atoms with van der Waals surface area (Å²) >= 11 is 10.3. The molecular weight excluding hydrogens is 352 g/mol. The third kappa shape index (κ3) is 2.77. The fraction of sp³-hybridized carbons (Fsp3) is 0.294. The number of hydrogen-bond acceptors (Lipinski definition) is 2. The lowest BCUT2D eigenvalue weighted by Crippen LogP contribution is -1.99. The van der Waals surface area contributed by atoms with E-state index >= 15 is 0 Å². The summed E-state index contributed by atoms with van der Waals surface area (Å²) in [4.78, 5) is 0. The molecule has 0 amide bonds. The van der Waals surface area contributed by atoms with Crippen LogP contribution < -0.4 is 9.47 Å². The first-order valence-electron chi connectivity index (χ1n) is 6.84. The summed E-state index contributed by atoms with van der Waals surface area (Å²) in [5, 5.41) is -0.247. The molecule has 2 nitrogen and oxygen atoms in total. The second-order valence-electron chi connectivity index (χ2n) is 5.17. The molecule has 0 saturated carbocycles. The van der Waals surface area contributed by atoms with Gasteiger partial charge in [-0.05, 0) is 41.8 Å². The molecule has 3 rings (SSSR count). The molecule has 0 spiro atoms. The molecule has 0 radical (unpaired) electrons. The minimum atomic E-state index is -0.247. The summed E-state index contributed by atoms with van der Waals surface area (Å²) in [6, 6.07) is 10.2. The molecule has 1 heterocycles. The van der Waals surface area contributed by atoms with Gasteiger partial charge in [0.25, 0.3) is 0 Å². The summed E-state index contributed by atoms with van der Waals surface area (Å²) < 4.78 is 12.1. The molecule has 4 heteroatoms. The lowest BCUT2D eigenvalue weighted by Gasteiger charge is -2.17. The molecule has 21 heavy (non-hydrogen) atoms. The average Bonchev–Trinajstić information content (AvgIpc) is 2.96. The van der Waals surface area contributed by atoms with Crippen molar-refractivity contribution in [1.29, 1.82) is 0 Å². The van der Waals surface area contributed by atoms with E-state index in [1.807, 2.05) is 31.2 Å². The van der Waals surface area contributed by atoms with Gasteiger partial charge in [0.15, 0.2) is 0 Å². The number of rotatable bonds is 3. The molecule has 1 unspecified atom stereocenters. The van der Waals surface area contributed by atoms with Crippen molar-refractivity contribution in [2.45, 2.75) is 18.7 Å². The molecule has 2 aromatic rings. The first kappa shape index (κ1) is 14.7. The monoisotopic (exact) mass is 366 g/mol. The predicted octanol–water partition coefficient (Wildman–Crippen LogP) is 5.03. The van der Waals surface area contributed by atoms with Crippen LogP contribution in [-0.2, 0) is 6.42 Å². The molecule has 1 aliphatic rings. The van der Waals surface area contributed by atoms with Crippen LogP contribution in [-0.4, -0.2) is 13.7 Å². The van der Waals surface area contributed by atoms with Gasteiger partial charge in [-0.1, -0.05) is 28.1 Å². The number of halogens is 2. The minimum Gasteiger partial charge on any atom is -0.496 e. The van der Waals surface area contributed by atoms with E-state index in [2.05, 4.69) is 22.0 Å². The lowest BCUT2D eigenvalue weighted by molar-refractivity contribution is 0.357. The number of alkyl halides is 1. The number of methoxy groups -OCH3 is 1. The lowest BCUT2D eigenvalue weighted by atomic mass is 9.99. The van der Waals surface area contributed by atoms with Crippen molar-refractivity contribution in [3.8, 4) is 11.5 Å². The Morgan fingerprint density at radius 1 is 1.29 bits per heavy atom. The van der Waals surface area contributed by atoms with Crippen molar-refractivity contribution in [2.24, 2.45) is 0 Å². The van der Waals surface area contributed by atoms with Gasteiger partial charge in [0, 0.05) is 16.5 Å². The molecule has 0 aromatic heterocycles. The fourth-order valence-electron chi connectivity index (χ4n) is 2.59. The number of ether oxygens (including phenoxy) is 2. The molecule has 1 aliphatic heterocycles. The SMILES string of the molecule is COc1cc(C)c(Br)cc1C(Cl)c1ccc2c(c1)CCO2. The number of hydrogen-bond donors (Lipinski definition) is 0. The van der Waals surface area contributed by atoms with E-state index in [0.29, 0.717) is 0 Å². The van der Waals surface area contributed by atoms with Crippen LogP contribution in [0.4, 0.5) is 0 Å². The number of aryl methyl sites for hydroxylation is 1. The van der Waals surface area contributed by atoms with Gasteiger partial charge in [0.2, 0.25) is 0 Å². The van der Waals surface area contributed by atoms with E-state index < -0.39 is 0 Å². The zero-order valence-corrected chi connectivity index (χ0v) is 14.3. The van der Waals surface area contributed by atoms with Crippen molar-refractivity contribution in [2.75, 3.05) is 13.7 Å². The highest BCUT2D eigenvalue weighted by molar-refractivity contribution is 9.10. The second-order valence-corrected chi connectivity index (χ2v) is 6.46. The second kappa shape index (κ2) is 5.90. The van der Waals surface area contributed by atoms with Gasteiger partial charge in [-0.2, -0.15) is 0 Å². The molecule has 0 saturated heterocycles. The molecule has 0 bridgehead atoms. The quantitative estimate of drug-likeness (QED) is 0.708. The van der Waals surface area contributed by atoms with E-state index in [-0.39, 0.29) is 5.38 Å². The Morgan fingerprint density at radius 2 is 2.10 bits per heavy atom. The zero-order valence-electron chi connectivity index (χ0n) is 12.0. The largest absolute Gasteiger partial charge is 0.496 e. The Morgan fingerprint density at radius 3 is 2.86 bits per heavy atom. The van der Waals surface area contributed by atoms with Gasteiger partial charge in [0.05, 0.1) is 19.1 Å². The van der Waals surface area contributed by atoms with Crippen LogP contribution in [0.5, 0.6) is 11.5 Å². The molecule has 2 aromatic carbocycles. The third-order valence-corrected chi connectivity index (χ3v) is 5.13. The number of fused-ring (bicyclic) bond motifs is 1. The maximum absolute atomic E-state index is 6.70. The van der Waals surface area contributed by atoms with Crippen LogP contribution in [0.25, 0.3) is 0 Å². The molecule has 1 atom stereocenters. The first-order valence-corrected chi connectivity index (χ1v) is 8.07. The van der Waals surface area contributed by atoms with Gasteiger partial charge in [-0.15, -0.1) is 11.6 Å². The molecule has 0 N–H and O–H groups in total. The fourth-order valence-corrected chi connectivity index (χ4v) is 3.26. The Bertz CT molecular complexity index is 685. The highest BCUT2D eigenvalue weighted by atomic mass is 79.9. The van der Waals surface area contributed by atoms with Crippen LogP contribution in [0.15, 0.2) is 34.8 Å². The zero-order chi connectivity index (χ0) is 15.0. The van der Waals surface area contributed by atoms with E-state index in [0.717, 1.165) is 45.7 Å². The molecule has 110 valence electrons. The Labute approximate surface area is 138 Å². The van der Waals surface area contributed by atoms with Crippen molar-refractivity contribution < 1.29 is 9.47 Å². The van der Waals surface area contributed by atoms with E-state index in [9.17, 15) is 0 Å². The summed E-state index contributed by atoms with van der Waals surface area (Å²) in [5.74, 6) is 1.78. The normalized spacial score (nSPS) is 14.5. The molecule has 0 aliphatic carbocycles. The average molecular weight is 368 g/mol. The Balaban J connectivity index is 2.02. The van der Waals surface area contributed by atoms with Gasteiger partial charge in [-0.25, -0.2) is 0 Å². The van der Waals surface area contributed by atoms with E-state index in [1.54, 1.807) is 7.11 Å². The summed E-state index contributed by atoms with van der Waals surface area (Å²) in [6.45, 7) is 2.79. The Hall–Kier alpha value is -1.19. The maximum Gasteiger partial charge on any atom is 0.124 e. The van der Waals surface area contributed by atoms with Crippen molar-refractivity contribution in [3.05, 3.63) is 57.1 Å². The van der Waals surface area contributed by atoms with Gasteiger partial charge in [0.1, 0.15) is 11.5 Å². The van der Waals surface area contributed by atoms with Crippen LogP contribution in [0.2, 0.25) is 0 Å². The van der Waals surface area contributed by atoms with Crippen LogP contribution >= 0.6 is 27.5 Å².